The van der Waals surface area contributed by atoms with Crippen LogP contribution in [0.25, 0.3) is 0 Å². The van der Waals surface area contributed by atoms with E-state index in [0.717, 1.165) is 36.8 Å². The maximum Gasteiger partial charge on any atom is 0.422 e. The van der Waals surface area contributed by atoms with Crippen molar-refractivity contribution in [3.8, 4) is 12.0 Å². The number of carboxylic acids is 1. The van der Waals surface area contributed by atoms with Gasteiger partial charge in [-0.05, 0) is 121 Å². The van der Waals surface area contributed by atoms with Crippen LogP contribution in [-0.2, 0) is 11.1 Å². The molecule has 2 aliphatic rings. The Bertz CT molecular complexity index is 2490. The summed E-state index contributed by atoms with van der Waals surface area (Å²) in [5.74, 6) is -1.13. The summed E-state index contributed by atoms with van der Waals surface area (Å²) >= 11 is 17.4. The lowest BCUT2D eigenvalue weighted by atomic mass is 10.1. The first-order chi connectivity index (χ1) is 31.2. The number of carbonyl (C=O) groups is 2. The zero-order valence-electron chi connectivity index (χ0n) is 33.6. The van der Waals surface area contributed by atoms with E-state index >= 15 is 0 Å². The van der Waals surface area contributed by atoms with Gasteiger partial charge in [0.2, 0.25) is 23.8 Å². The number of anilines is 6. The topological polar surface area (TPSA) is 198 Å². The molecule has 2 aliphatic carbocycles. The molecule has 5 N–H and O–H groups in total. The van der Waals surface area contributed by atoms with E-state index in [2.05, 4.69) is 51.2 Å². The largest absolute Gasteiger partial charge is 0.478 e. The van der Waals surface area contributed by atoms with Gasteiger partial charge in [0, 0.05) is 27.0 Å². The summed E-state index contributed by atoms with van der Waals surface area (Å²) in [7, 11) is 0. The Morgan fingerprint density at radius 2 is 0.894 bits per heavy atom. The second-order valence-corrected chi connectivity index (χ2v) is 16.0. The smallest absolute Gasteiger partial charge is 0.422 e. The van der Waals surface area contributed by atoms with E-state index in [-0.39, 0.29) is 34.9 Å². The molecule has 2 fully saturated rings. The van der Waals surface area contributed by atoms with Gasteiger partial charge in [-0.1, -0.05) is 47.5 Å². The Hall–Kier alpha value is -6.71. The Labute approximate surface area is 385 Å². The molecule has 15 nitrogen and oxygen atoms in total. The number of nitrogens with one attached hydrogen (secondary N) is 4. The minimum Gasteiger partial charge on any atom is -0.478 e. The summed E-state index contributed by atoms with van der Waals surface area (Å²) in [6, 6.07) is 25.2. The molecule has 8 rings (SSSR count). The summed E-state index contributed by atoms with van der Waals surface area (Å²) in [5, 5.41) is 21.6. The van der Waals surface area contributed by atoms with Crippen molar-refractivity contribution in [2.24, 2.45) is 0 Å². The van der Waals surface area contributed by atoms with Crippen molar-refractivity contribution < 1.29 is 50.5 Å². The maximum absolute atomic E-state index is 12.7. The first-order valence-corrected chi connectivity index (χ1v) is 20.5. The van der Waals surface area contributed by atoms with Crippen LogP contribution in [0.15, 0.2) is 97.1 Å². The van der Waals surface area contributed by atoms with Crippen molar-refractivity contribution in [3.05, 3.63) is 129 Å². The summed E-state index contributed by atoms with van der Waals surface area (Å²) in [6.07, 6.45) is -6.05. The molecule has 0 amide bonds. The predicted octanol–water partition coefficient (Wildman–Crippen LogP) is 10.7. The van der Waals surface area contributed by atoms with Gasteiger partial charge in [0.25, 0.3) is 5.24 Å². The van der Waals surface area contributed by atoms with Crippen LogP contribution < -0.4 is 30.7 Å². The zero-order valence-corrected chi connectivity index (χ0v) is 35.9. The molecule has 4 aromatic carbocycles. The standard InChI is InChI=1S/C21H16Cl2F3N5O2.C21H17ClF3N5O3/c22-14-5-3-13(4-6-14)20(9-10-20)31-18-28-17(29-19(30-18)33-11-21(24,25)26)27-15-7-1-12(2-8-15)16(23)32;22-14-5-3-13(4-6-14)20(9-10-20)30-18-27-17(28-19(29-18)33-11-21(23,24)25)26-15-7-1-12(2-8-15)16(31)32/h1-8H,9-11H2,(H2,27,28,29,30,31);1-8H,9-11H2,(H,31,32)(H2,26,27,28,29,30). The van der Waals surface area contributed by atoms with Gasteiger partial charge in [-0.2, -0.15) is 56.2 Å². The third kappa shape index (κ3) is 13.2. The summed E-state index contributed by atoms with van der Waals surface area (Å²) in [4.78, 5) is 46.6. The van der Waals surface area contributed by atoms with E-state index < -0.39 is 59.9 Å². The van der Waals surface area contributed by atoms with Gasteiger partial charge in [-0.15, -0.1) is 0 Å². The van der Waals surface area contributed by atoms with Crippen LogP contribution in [0.4, 0.5) is 61.5 Å². The molecule has 2 heterocycles. The number of carboxylic acid groups (broad SMARTS) is 1. The molecular formula is C42H33Cl3F6N10O5. The van der Waals surface area contributed by atoms with Gasteiger partial charge in [-0.25, -0.2) is 4.79 Å². The fourth-order valence-corrected chi connectivity index (χ4v) is 6.56. The fourth-order valence-electron chi connectivity index (χ4n) is 6.18. The SMILES string of the molecule is O=C(Cl)c1ccc(Nc2nc(NC3(c4ccc(Cl)cc4)CC3)nc(OCC(F)(F)F)n2)cc1.O=C(O)c1ccc(Nc2nc(NC3(c4ccc(Cl)cc4)CC3)nc(OCC(F)(F)F)n2)cc1. The summed E-state index contributed by atoms with van der Waals surface area (Å²) in [6.45, 7) is -3.11. The highest BCUT2D eigenvalue weighted by atomic mass is 35.5. The lowest BCUT2D eigenvalue weighted by Crippen LogP contribution is -2.23. The number of hydrogen-bond acceptors (Lipinski definition) is 14. The van der Waals surface area contributed by atoms with E-state index in [4.69, 9.17) is 49.4 Å². The van der Waals surface area contributed by atoms with Crippen molar-refractivity contribution in [2.45, 2.75) is 49.1 Å². The van der Waals surface area contributed by atoms with Crippen LogP contribution in [0, 0.1) is 0 Å². The first-order valence-electron chi connectivity index (χ1n) is 19.4. The van der Waals surface area contributed by atoms with Crippen molar-refractivity contribution in [1.29, 1.82) is 0 Å². The zero-order chi connectivity index (χ0) is 47.3. The molecule has 6 aromatic rings. The van der Waals surface area contributed by atoms with Crippen LogP contribution in [-0.4, -0.2) is 71.8 Å². The number of nitrogens with zero attached hydrogens (tertiary/aromatic N) is 6. The van der Waals surface area contributed by atoms with E-state index in [9.17, 15) is 35.9 Å². The van der Waals surface area contributed by atoms with Crippen molar-refractivity contribution in [3.63, 3.8) is 0 Å². The highest BCUT2D eigenvalue weighted by Crippen LogP contribution is 2.49. The van der Waals surface area contributed by atoms with Gasteiger partial charge >= 0.3 is 30.3 Å². The van der Waals surface area contributed by atoms with Crippen molar-refractivity contribution >= 4 is 81.2 Å². The van der Waals surface area contributed by atoms with Crippen LogP contribution in [0.5, 0.6) is 12.0 Å². The highest BCUT2D eigenvalue weighted by molar-refractivity contribution is 6.67. The Morgan fingerprint density at radius 3 is 1.21 bits per heavy atom. The van der Waals surface area contributed by atoms with Crippen molar-refractivity contribution in [2.75, 3.05) is 34.5 Å². The number of alkyl halides is 6. The van der Waals surface area contributed by atoms with Gasteiger partial charge in [-0.3, -0.25) is 4.79 Å². The Kier molecular flexibility index (Phi) is 13.9. The minimum absolute atomic E-state index is 0.0271. The van der Waals surface area contributed by atoms with E-state index in [1.54, 1.807) is 36.4 Å². The van der Waals surface area contributed by atoms with Gasteiger partial charge in [0.1, 0.15) is 0 Å². The summed E-state index contributed by atoms with van der Waals surface area (Å²) < 4.78 is 85.4. The highest BCUT2D eigenvalue weighted by Gasteiger charge is 2.46. The predicted molar refractivity (Wildman–Crippen MR) is 231 cm³/mol. The van der Waals surface area contributed by atoms with E-state index in [0.29, 0.717) is 21.4 Å². The van der Waals surface area contributed by atoms with Gasteiger partial charge in [0.15, 0.2) is 13.2 Å². The molecule has 0 bridgehead atoms. The molecule has 66 heavy (non-hydrogen) atoms. The number of rotatable bonds is 16. The molecule has 2 aromatic heterocycles. The fraction of sp³-hybridized carbons (Fsp3) is 0.238. The normalized spacial score (nSPS) is 14.4. The molecule has 24 heteroatoms. The van der Waals surface area contributed by atoms with Crippen LogP contribution in [0.1, 0.15) is 57.5 Å². The number of aromatic carboxylic acids is 1. The monoisotopic (exact) mass is 976 g/mol. The minimum atomic E-state index is -4.57. The van der Waals surface area contributed by atoms with Gasteiger partial charge < -0.3 is 35.8 Å². The molecule has 0 radical (unpaired) electrons. The van der Waals surface area contributed by atoms with E-state index in [1.165, 1.54) is 36.4 Å². The maximum atomic E-state index is 12.7. The molecule has 0 unspecified atom stereocenters. The number of aromatic nitrogens is 6. The Balaban J connectivity index is 0.000000196. The third-order valence-corrected chi connectivity index (χ3v) is 10.4. The average molecular weight is 978 g/mol. The van der Waals surface area contributed by atoms with Crippen molar-refractivity contribution in [1.82, 2.24) is 29.9 Å². The van der Waals surface area contributed by atoms with Crippen LogP contribution in [0.2, 0.25) is 10.0 Å². The number of hydrogen-bond donors (Lipinski definition) is 5. The second-order valence-electron chi connectivity index (χ2n) is 14.7. The number of benzene rings is 4. The number of carbonyl (C=O) groups excluding carboxylic acids is 1. The molecule has 0 spiro atoms. The molecule has 344 valence electrons. The first kappa shape index (κ1) is 47.3. The lowest BCUT2D eigenvalue weighted by Gasteiger charge is -2.19. The Morgan fingerprint density at radius 1 is 0.545 bits per heavy atom. The van der Waals surface area contributed by atoms with E-state index in [1.807, 2.05) is 24.3 Å². The molecular weight excluding hydrogens is 945 g/mol. The summed E-state index contributed by atoms with van der Waals surface area (Å²) in [5.41, 5.74) is 2.21. The number of ether oxygens (including phenoxy) is 2. The third-order valence-electron chi connectivity index (χ3n) is 9.71. The molecule has 2 saturated carbocycles. The quantitative estimate of drug-likeness (QED) is 0.0453. The molecule has 0 atom stereocenters. The van der Waals surface area contributed by atoms with Crippen LogP contribution in [0.3, 0.4) is 0 Å². The van der Waals surface area contributed by atoms with Gasteiger partial charge in [0.05, 0.1) is 16.6 Å². The molecule has 0 aliphatic heterocycles. The number of halogens is 9. The van der Waals surface area contributed by atoms with Crippen LogP contribution >= 0.6 is 34.8 Å². The lowest BCUT2D eigenvalue weighted by molar-refractivity contribution is -0.155. The average Bonchev–Trinajstić information content (AvgIpc) is 4.21. The molecule has 0 saturated heterocycles. The second kappa shape index (κ2) is 19.4.